The van der Waals surface area contributed by atoms with Crippen molar-refractivity contribution in [3.8, 4) is 5.88 Å². The Morgan fingerprint density at radius 2 is 2.29 bits per heavy atom. The largest absolute Gasteiger partial charge is 0.472 e. The van der Waals surface area contributed by atoms with Gasteiger partial charge in [-0.3, -0.25) is 4.79 Å². The monoisotopic (exact) mass is 338 g/mol. The van der Waals surface area contributed by atoms with Crippen molar-refractivity contribution in [3.63, 3.8) is 0 Å². The molecule has 0 unspecified atom stereocenters. The molecular formula is C15H16F2N4O3. The zero-order valence-corrected chi connectivity index (χ0v) is 13.0. The summed E-state index contributed by atoms with van der Waals surface area (Å²) in [6.07, 6.45) is -1.08. The summed E-state index contributed by atoms with van der Waals surface area (Å²) in [6, 6.07) is 4.20. The fourth-order valence-electron chi connectivity index (χ4n) is 2.62. The van der Waals surface area contributed by atoms with E-state index in [1.165, 1.54) is 12.1 Å². The van der Waals surface area contributed by atoms with Crippen LogP contribution in [0.5, 0.6) is 5.88 Å². The van der Waals surface area contributed by atoms with Crippen LogP contribution in [-0.4, -0.2) is 45.6 Å². The van der Waals surface area contributed by atoms with Crippen molar-refractivity contribution in [3.05, 3.63) is 35.7 Å². The summed E-state index contributed by atoms with van der Waals surface area (Å²) in [6.45, 7) is 1.45. The van der Waals surface area contributed by atoms with Crippen LogP contribution < -0.4 is 4.74 Å². The maximum Gasteiger partial charge on any atom is 0.273 e. The molecule has 0 radical (unpaired) electrons. The molecule has 2 aromatic heterocycles. The molecule has 1 saturated heterocycles. The number of carbonyl (C=O) groups excluding carboxylic acids is 1. The summed E-state index contributed by atoms with van der Waals surface area (Å²) < 4.78 is 34.7. The van der Waals surface area contributed by atoms with Gasteiger partial charge in [0.1, 0.15) is 11.7 Å². The van der Waals surface area contributed by atoms with Crippen LogP contribution in [-0.2, 0) is 0 Å². The summed E-state index contributed by atoms with van der Waals surface area (Å²) in [5.41, 5.74) is 0.130. The minimum atomic E-state index is -2.60. The van der Waals surface area contributed by atoms with Gasteiger partial charge in [-0.05, 0) is 18.9 Å². The van der Waals surface area contributed by atoms with Crippen molar-refractivity contribution >= 4 is 5.91 Å². The van der Waals surface area contributed by atoms with Gasteiger partial charge in [-0.1, -0.05) is 6.07 Å². The molecule has 1 aliphatic rings. The quantitative estimate of drug-likeness (QED) is 0.833. The molecular weight excluding hydrogens is 322 g/mol. The Bertz CT molecular complexity index is 722. The minimum Gasteiger partial charge on any atom is -0.472 e. The third-order valence-electron chi connectivity index (χ3n) is 3.64. The highest BCUT2D eigenvalue weighted by Crippen LogP contribution is 2.32. The third kappa shape index (κ3) is 3.50. The molecule has 0 saturated carbocycles. The lowest BCUT2D eigenvalue weighted by atomic mass is 10.2. The summed E-state index contributed by atoms with van der Waals surface area (Å²) in [5, 5.41) is 7.77. The van der Waals surface area contributed by atoms with Gasteiger partial charge in [0.15, 0.2) is 6.61 Å². The Kier molecular flexibility index (Phi) is 4.68. The first kappa shape index (κ1) is 16.3. The topological polar surface area (TPSA) is 81.4 Å². The molecule has 1 amide bonds. The van der Waals surface area contributed by atoms with Crippen molar-refractivity contribution in [2.75, 3.05) is 13.2 Å². The molecule has 9 heteroatoms. The number of ether oxygens (including phenoxy) is 1. The molecule has 0 aliphatic carbocycles. The van der Waals surface area contributed by atoms with Crippen LogP contribution in [0.2, 0.25) is 0 Å². The highest BCUT2D eigenvalue weighted by atomic mass is 19.3. The fourth-order valence-corrected chi connectivity index (χ4v) is 2.62. The average molecular weight is 338 g/mol. The molecule has 24 heavy (non-hydrogen) atoms. The van der Waals surface area contributed by atoms with Crippen molar-refractivity contribution in [2.45, 2.75) is 32.2 Å². The number of aryl methyl sites for hydroxylation is 1. The van der Waals surface area contributed by atoms with Crippen molar-refractivity contribution in [2.24, 2.45) is 0 Å². The number of halogens is 2. The summed E-state index contributed by atoms with van der Waals surface area (Å²) >= 11 is 0. The molecule has 3 heterocycles. The van der Waals surface area contributed by atoms with E-state index in [1.54, 1.807) is 17.9 Å². The van der Waals surface area contributed by atoms with E-state index < -0.39 is 13.0 Å². The van der Waals surface area contributed by atoms with Crippen LogP contribution in [0, 0.1) is 6.92 Å². The van der Waals surface area contributed by atoms with Crippen molar-refractivity contribution < 1.29 is 22.7 Å². The van der Waals surface area contributed by atoms with E-state index in [0.29, 0.717) is 18.3 Å². The minimum absolute atomic E-state index is 0.00877. The average Bonchev–Trinajstić information content (AvgIpc) is 3.21. The van der Waals surface area contributed by atoms with Gasteiger partial charge in [-0.25, -0.2) is 13.8 Å². The molecule has 1 fully saturated rings. The van der Waals surface area contributed by atoms with Crippen LogP contribution in [0.25, 0.3) is 0 Å². The number of likely N-dealkylation sites (tertiary alicyclic amines) is 1. The predicted molar refractivity (Wildman–Crippen MR) is 77.8 cm³/mol. The van der Waals surface area contributed by atoms with Gasteiger partial charge in [0.2, 0.25) is 17.7 Å². The number of hydrogen-bond acceptors (Lipinski definition) is 6. The Labute approximate surface area is 136 Å². The molecule has 0 aromatic carbocycles. The highest BCUT2D eigenvalue weighted by molar-refractivity contribution is 5.92. The van der Waals surface area contributed by atoms with E-state index in [4.69, 9.17) is 9.15 Å². The summed E-state index contributed by atoms with van der Waals surface area (Å²) in [5.74, 6) is 0.495. The smallest absolute Gasteiger partial charge is 0.273 e. The lowest BCUT2D eigenvalue weighted by Crippen LogP contribution is -2.31. The number of amides is 1. The highest BCUT2D eigenvalue weighted by Gasteiger charge is 2.34. The molecule has 128 valence electrons. The SMILES string of the molecule is Cc1nnc([C@H]2CCCN2C(=O)c2cccc(OCC(F)F)n2)o1. The van der Waals surface area contributed by atoms with E-state index in [1.807, 2.05) is 0 Å². The van der Waals surface area contributed by atoms with Gasteiger partial charge in [0, 0.05) is 19.5 Å². The lowest BCUT2D eigenvalue weighted by molar-refractivity contribution is 0.0701. The molecule has 7 nitrogen and oxygen atoms in total. The molecule has 1 aliphatic heterocycles. The van der Waals surface area contributed by atoms with E-state index in [-0.39, 0.29) is 23.5 Å². The standard InChI is InChI=1S/C15H16F2N4O3/c1-9-19-20-14(24-9)11-5-3-7-21(11)15(22)10-4-2-6-13(18-10)23-8-12(16)17/h2,4,6,11-12H,3,5,7-8H2,1H3/t11-/m1/s1. The van der Waals surface area contributed by atoms with E-state index >= 15 is 0 Å². The van der Waals surface area contributed by atoms with Crippen LogP contribution >= 0.6 is 0 Å². The maximum absolute atomic E-state index is 12.7. The van der Waals surface area contributed by atoms with E-state index in [2.05, 4.69) is 15.2 Å². The molecule has 3 rings (SSSR count). The summed E-state index contributed by atoms with van der Waals surface area (Å²) in [4.78, 5) is 18.3. The molecule has 0 N–H and O–H groups in total. The molecule has 0 spiro atoms. The molecule has 1 atom stereocenters. The second kappa shape index (κ2) is 6.90. The number of hydrogen-bond donors (Lipinski definition) is 0. The number of carbonyl (C=O) groups is 1. The number of rotatable bonds is 5. The van der Waals surface area contributed by atoms with Gasteiger partial charge in [0.05, 0.1) is 0 Å². The maximum atomic E-state index is 12.7. The second-order valence-electron chi connectivity index (χ2n) is 5.38. The van der Waals surface area contributed by atoms with Crippen LogP contribution in [0.3, 0.4) is 0 Å². The normalized spacial score (nSPS) is 17.5. The molecule has 2 aromatic rings. The zero-order chi connectivity index (χ0) is 17.1. The first-order valence-electron chi connectivity index (χ1n) is 7.53. The van der Waals surface area contributed by atoms with Crippen molar-refractivity contribution in [1.29, 1.82) is 0 Å². The van der Waals surface area contributed by atoms with Crippen LogP contribution in [0.15, 0.2) is 22.6 Å². The lowest BCUT2D eigenvalue weighted by Gasteiger charge is -2.21. The van der Waals surface area contributed by atoms with Gasteiger partial charge in [0.25, 0.3) is 12.3 Å². The second-order valence-corrected chi connectivity index (χ2v) is 5.38. The third-order valence-corrected chi connectivity index (χ3v) is 3.64. The van der Waals surface area contributed by atoms with E-state index in [0.717, 1.165) is 12.8 Å². The fraction of sp³-hybridized carbons (Fsp3) is 0.467. The van der Waals surface area contributed by atoms with Crippen LogP contribution in [0.4, 0.5) is 8.78 Å². The zero-order valence-electron chi connectivity index (χ0n) is 13.0. The first-order chi connectivity index (χ1) is 11.5. The van der Waals surface area contributed by atoms with Gasteiger partial charge < -0.3 is 14.1 Å². The number of aromatic nitrogens is 3. The van der Waals surface area contributed by atoms with Crippen LogP contribution in [0.1, 0.15) is 41.2 Å². The Hall–Kier alpha value is -2.58. The Balaban J connectivity index is 1.76. The summed E-state index contributed by atoms with van der Waals surface area (Å²) in [7, 11) is 0. The predicted octanol–water partition coefficient (Wildman–Crippen LogP) is 2.39. The van der Waals surface area contributed by atoms with E-state index in [9.17, 15) is 13.6 Å². The number of alkyl halides is 2. The number of nitrogens with zero attached hydrogens (tertiary/aromatic N) is 4. The van der Waals surface area contributed by atoms with Crippen molar-refractivity contribution in [1.82, 2.24) is 20.1 Å². The molecule has 0 bridgehead atoms. The van der Waals surface area contributed by atoms with Gasteiger partial charge in [-0.2, -0.15) is 0 Å². The van der Waals surface area contributed by atoms with Gasteiger partial charge in [-0.15, -0.1) is 10.2 Å². The number of pyridine rings is 1. The Morgan fingerprint density at radius 3 is 3.00 bits per heavy atom. The van der Waals surface area contributed by atoms with Gasteiger partial charge >= 0.3 is 0 Å². The Morgan fingerprint density at radius 1 is 1.46 bits per heavy atom. The first-order valence-corrected chi connectivity index (χ1v) is 7.53.